The summed E-state index contributed by atoms with van der Waals surface area (Å²) in [6.45, 7) is 23.3. The number of alkyl carbamates (subject to hydrolysis) is 1. The average molecular weight is 698 g/mol. The Hall–Kier alpha value is -1.83. The zero-order valence-electron chi connectivity index (χ0n) is 32.5. The highest BCUT2D eigenvalue weighted by atomic mass is 16.7. The van der Waals surface area contributed by atoms with Crippen LogP contribution in [0.1, 0.15) is 102 Å². The second-order valence-corrected chi connectivity index (χ2v) is 16.1. The molecular weight excluding hydrogens is 630 g/mol. The Labute approximate surface area is 295 Å². The number of ketones is 1. The molecule has 0 aromatic rings. The third-order valence-electron chi connectivity index (χ3n) is 11.3. The molecule has 1 amide bonds. The van der Waals surface area contributed by atoms with Gasteiger partial charge in [0.05, 0.1) is 17.7 Å². The highest BCUT2D eigenvalue weighted by Gasteiger charge is 2.59. The SMILES string of the molecule is CCO[C@@H](O[C@@H]1[C@@H](C)C(=O)[C@]2(C)CCO[C@@]1(C)C[C@@H](C)CN(CC(C)C)[C@H](C)[C@H]1NC(=O)O[C@]1(C)[C@@H](CC)OC2=O)C(O)C(CC)N(C)C. The van der Waals surface area contributed by atoms with Crippen molar-refractivity contribution in [2.45, 2.75) is 156 Å². The predicted molar refractivity (Wildman–Crippen MR) is 187 cm³/mol. The van der Waals surface area contributed by atoms with Crippen molar-refractivity contribution < 1.29 is 43.2 Å². The lowest BCUT2D eigenvalue weighted by Crippen LogP contribution is -2.61. The minimum atomic E-state index is -1.56. The van der Waals surface area contributed by atoms with Gasteiger partial charge in [0.15, 0.2) is 17.7 Å². The number of hydrogen-bond donors (Lipinski definition) is 2. The van der Waals surface area contributed by atoms with E-state index in [1.54, 1.807) is 13.8 Å². The van der Waals surface area contributed by atoms with Gasteiger partial charge in [0.25, 0.3) is 0 Å². The van der Waals surface area contributed by atoms with Gasteiger partial charge in [0.2, 0.25) is 0 Å². The summed E-state index contributed by atoms with van der Waals surface area (Å²) in [4.78, 5) is 46.2. The van der Waals surface area contributed by atoms with Crippen LogP contribution < -0.4 is 5.32 Å². The average Bonchev–Trinajstić information content (AvgIpc) is 3.33. The van der Waals surface area contributed by atoms with Crippen LogP contribution in [0.2, 0.25) is 0 Å². The molecule has 4 rings (SSSR count). The highest BCUT2D eigenvalue weighted by molar-refractivity contribution is 6.04. The number of rotatable bonds is 11. The van der Waals surface area contributed by atoms with Gasteiger partial charge >= 0.3 is 12.1 Å². The van der Waals surface area contributed by atoms with Crippen LogP contribution in [0.25, 0.3) is 0 Å². The van der Waals surface area contributed by atoms with E-state index in [1.807, 2.05) is 53.6 Å². The smallest absolute Gasteiger partial charge is 0.408 e. The molecule has 2 bridgehead atoms. The third kappa shape index (κ3) is 8.80. The van der Waals surface area contributed by atoms with Crippen LogP contribution in [-0.2, 0) is 33.3 Å². The molecule has 0 saturated carbocycles. The van der Waals surface area contributed by atoms with Crippen LogP contribution >= 0.6 is 0 Å². The number of ether oxygens (including phenoxy) is 5. The molecule has 4 fully saturated rings. The second kappa shape index (κ2) is 16.7. The highest BCUT2D eigenvalue weighted by Crippen LogP contribution is 2.43. The van der Waals surface area contributed by atoms with Crippen LogP contribution in [-0.4, -0.2) is 127 Å². The lowest BCUT2D eigenvalue weighted by atomic mass is 9.70. The fraction of sp³-hybridized carbons (Fsp3) is 0.919. The maximum Gasteiger partial charge on any atom is 0.408 e. The molecule has 2 unspecified atom stereocenters. The van der Waals surface area contributed by atoms with Gasteiger partial charge in [0, 0.05) is 44.3 Å². The van der Waals surface area contributed by atoms with Crippen LogP contribution in [0.4, 0.5) is 4.79 Å². The van der Waals surface area contributed by atoms with Crippen molar-refractivity contribution in [3.05, 3.63) is 0 Å². The number of hydrogen-bond acceptors (Lipinski definition) is 11. The summed E-state index contributed by atoms with van der Waals surface area (Å²) in [6, 6.07) is -0.912. The van der Waals surface area contributed by atoms with E-state index in [9.17, 15) is 19.5 Å². The minimum Gasteiger partial charge on any atom is -0.457 e. The molecule has 0 spiro atoms. The summed E-state index contributed by atoms with van der Waals surface area (Å²) >= 11 is 0. The Kier molecular flexibility index (Phi) is 14.2. The van der Waals surface area contributed by atoms with Crippen LogP contribution in [0.15, 0.2) is 0 Å². The molecule has 0 aliphatic carbocycles. The number of esters is 1. The van der Waals surface area contributed by atoms with Gasteiger partial charge in [-0.15, -0.1) is 0 Å². The van der Waals surface area contributed by atoms with Crippen LogP contribution in [0.3, 0.4) is 0 Å². The number of aliphatic hydroxyl groups is 1. The molecular formula is C37H67N3O9. The summed E-state index contributed by atoms with van der Waals surface area (Å²) in [5.41, 5.74) is -3.71. The maximum atomic E-state index is 14.7. The van der Waals surface area contributed by atoms with E-state index in [4.69, 9.17) is 23.7 Å². The van der Waals surface area contributed by atoms with Crippen molar-refractivity contribution in [2.24, 2.45) is 23.2 Å². The summed E-state index contributed by atoms with van der Waals surface area (Å²) in [5, 5.41) is 14.6. The zero-order chi connectivity index (χ0) is 37.1. The maximum absolute atomic E-state index is 14.7. The Morgan fingerprint density at radius 3 is 2.29 bits per heavy atom. The molecule has 4 aliphatic heterocycles. The number of aliphatic hydroxyl groups excluding tert-OH is 1. The summed E-state index contributed by atoms with van der Waals surface area (Å²) in [7, 11) is 3.80. The molecule has 284 valence electrons. The molecule has 12 nitrogen and oxygen atoms in total. The normalized spacial score (nSPS) is 38.6. The number of nitrogens with one attached hydrogen (secondary N) is 1. The fourth-order valence-corrected chi connectivity index (χ4v) is 8.66. The molecule has 4 heterocycles. The molecule has 0 radical (unpaired) electrons. The van der Waals surface area contributed by atoms with Crippen LogP contribution in [0.5, 0.6) is 0 Å². The lowest BCUT2D eigenvalue weighted by Gasteiger charge is -2.47. The molecule has 12 heteroatoms. The summed E-state index contributed by atoms with van der Waals surface area (Å²) in [5.74, 6) is -1.44. The third-order valence-corrected chi connectivity index (χ3v) is 11.3. The van der Waals surface area contributed by atoms with E-state index in [0.717, 1.165) is 6.54 Å². The van der Waals surface area contributed by atoms with Crippen molar-refractivity contribution in [1.82, 2.24) is 15.1 Å². The summed E-state index contributed by atoms with van der Waals surface area (Å²) < 4.78 is 31.8. The largest absolute Gasteiger partial charge is 0.457 e. The number of carbonyl (C=O) groups is 3. The molecule has 2 N–H and O–H groups in total. The van der Waals surface area contributed by atoms with Crippen molar-refractivity contribution in [2.75, 3.05) is 40.4 Å². The summed E-state index contributed by atoms with van der Waals surface area (Å²) in [6.07, 6.45) is -2.60. The van der Waals surface area contributed by atoms with Crippen LogP contribution in [0, 0.1) is 23.2 Å². The first-order chi connectivity index (χ1) is 22.8. The Morgan fingerprint density at radius 2 is 1.73 bits per heavy atom. The van der Waals surface area contributed by atoms with Gasteiger partial charge in [-0.05, 0) is 86.2 Å². The number of amides is 1. The van der Waals surface area contributed by atoms with E-state index in [1.165, 1.54) is 0 Å². The standard InChI is InChI=1S/C37H67N3O9/c1-14-26(39(12)13)28(41)32(45-16-3)48-31-24(7)30(42)35(9)17-18-46-36(31,10)19-23(6)21-40(20-22(4)5)25(8)29-37(11,49-34(44)38-29)27(15-2)47-33(35)43/h22-29,31-32,41H,14-21H2,1-13H3,(H,38,44)/t23-,24+,25-,26?,27-,28?,29-,31-,32+,35+,36+,37-/m1/s1. The number of fused-ring (bicyclic) bond motifs is 10. The first kappa shape index (κ1) is 41.6. The quantitative estimate of drug-likeness (QED) is 0.181. The first-order valence-corrected chi connectivity index (χ1v) is 18.5. The lowest BCUT2D eigenvalue weighted by molar-refractivity contribution is -0.273. The van der Waals surface area contributed by atoms with Gasteiger partial charge in [-0.25, -0.2) is 4.79 Å². The Balaban J connectivity index is 2.20. The van der Waals surface area contributed by atoms with Gasteiger partial charge in [-0.3, -0.25) is 14.5 Å². The molecule has 12 atom stereocenters. The molecule has 49 heavy (non-hydrogen) atoms. The van der Waals surface area contributed by atoms with E-state index in [2.05, 4.69) is 37.9 Å². The number of nitrogens with zero attached hydrogens (tertiary/aromatic N) is 2. The van der Waals surface area contributed by atoms with Crippen molar-refractivity contribution in [1.29, 1.82) is 0 Å². The van der Waals surface area contributed by atoms with Crippen molar-refractivity contribution in [3.63, 3.8) is 0 Å². The number of likely N-dealkylation sites (N-methyl/N-ethyl adjacent to an activating group) is 1. The van der Waals surface area contributed by atoms with E-state index in [-0.39, 0.29) is 43.4 Å². The van der Waals surface area contributed by atoms with Gasteiger partial charge < -0.3 is 39.0 Å². The first-order valence-electron chi connectivity index (χ1n) is 18.5. The van der Waals surface area contributed by atoms with Gasteiger partial charge in [0.1, 0.15) is 17.6 Å². The molecule has 4 saturated heterocycles. The zero-order valence-corrected chi connectivity index (χ0v) is 32.5. The minimum absolute atomic E-state index is 0.0558. The number of carbonyl (C=O) groups excluding carboxylic acids is 3. The van der Waals surface area contributed by atoms with E-state index >= 15 is 0 Å². The van der Waals surface area contributed by atoms with Crippen molar-refractivity contribution >= 4 is 17.8 Å². The van der Waals surface area contributed by atoms with Gasteiger partial charge in [-0.2, -0.15) is 0 Å². The van der Waals surface area contributed by atoms with E-state index in [0.29, 0.717) is 31.7 Å². The Morgan fingerprint density at radius 1 is 1.08 bits per heavy atom. The van der Waals surface area contributed by atoms with Gasteiger partial charge in [-0.1, -0.05) is 41.5 Å². The predicted octanol–water partition coefficient (Wildman–Crippen LogP) is 4.40. The van der Waals surface area contributed by atoms with E-state index < -0.39 is 65.2 Å². The topological polar surface area (TPSA) is 136 Å². The number of Topliss-reactive ketones (excluding diaryl/α,β-unsaturated/α-hetero) is 1. The fourth-order valence-electron chi connectivity index (χ4n) is 8.66. The monoisotopic (exact) mass is 697 g/mol. The Bertz CT molecular complexity index is 1140. The molecule has 0 aromatic carbocycles. The molecule has 0 aromatic heterocycles. The molecule has 4 aliphatic rings. The second-order valence-electron chi connectivity index (χ2n) is 16.1. The van der Waals surface area contributed by atoms with Crippen molar-refractivity contribution in [3.8, 4) is 0 Å².